The molecule has 2 aromatic rings. The first-order valence-electron chi connectivity index (χ1n) is 5.91. The number of hydrogen-bond donors (Lipinski definition) is 0. The van der Waals surface area contributed by atoms with Gasteiger partial charge in [0.1, 0.15) is 0 Å². The van der Waals surface area contributed by atoms with Gasteiger partial charge in [-0.25, -0.2) is 4.79 Å². The molecule has 0 fully saturated rings. The van der Waals surface area contributed by atoms with Crippen LogP contribution in [0.2, 0.25) is 10.0 Å². The lowest BCUT2D eigenvalue weighted by Crippen LogP contribution is -2.02. The molecule has 0 radical (unpaired) electrons. The molecule has 0 saturated carbocycles. The average Bonchev–Trinajstić information content (AvgIpc) is 2.49. The number of carbonyl (C=O) groups excluding carboxylic acids is 1. The van der Waals surface area contributed by atoms with Crippen LogP contribution in [-0.4, -0.2) is 17.1 Å². The minimum Gasteiger partial charge on any atom is -0.313 e. The van der Waals surface area contributed by atoms with E-state index < -0.39 is 10.9 Å². The molecule has 0 N–H and O–H groups in total. The van der Waals surface area contributed by atoms with E-state index in [0.29, 0.717) is 15.6 Å². The number of hydrogen-bond acceptors (Lipinski definition) is 5. The number of rotatable bonds is 4. The lowest BCUT2D eigenvalue weighted by Gasteiger charge is -1.99. The molecular formula is C14H8Cl2N2O4. The third-order valence-corrected chi connectivity index (χ3v) is 3.15. The molecule has 0 spiro atoms. The predicted molar refractivity (Wildman–Crippen MR) is 82.6 cm³/mol. The van der Waals surface area contributed by atoms with Crippen LogP contribution < -0.4 is 0 Å². The molecule has 112 valence electrons. The third-order valence-electron chi connectivity index (χ3n) is 2.58. The van der Waals surface area contributed by atoms with Gasteiger partial charge < -0.3 is 4.84 Å². The van der Waals surface area contributed by atoms with Crippen molar-refractivity contribution in [2.75, 3.05) is 0 Å². The summed E-state index contributed by atoms with van der Waals surface area (Å²) in [6.07, 6.45) is 1.24. The number of nitro benzene ring substituents is 1. The summed E-state index contributed by atoms with van der Waals surface area (Å²) in [5, 5.41) is 15.0. The molecule has 2 aromatic carbocycles. The highest BCUT2D eigenvalue weighted by atomic mass is 35.5. The number of nitrogens with zero attached hydrogens (tertiary/aromatic N) is 2. The first kappa shape index (κ1) is 15.9. The molecule has 0 amide bonds. The Morgan fingerprint density at radius 1 is 1.23 bits per heavy atom. The van der Waals surface area contributed by atoms with Crippen molar-refractivity contribution in [2.45, 2.75) is 0 Å². The number of benzene rings is 2. The van der Waals surface area contributed by atoms with Crippen LogP contribution >= 0.6 is 23.2 Å². The molecule has 0 aromatic heterocycles. The van der Waals surface area contributed by atoms with Gasteiger partial charge in [-0.3, -0.25) is 10.1 Å². The lowest BCUT2D eigenvalue weighted by molar-refractivity contribution is -0.384. The van der Waals surface area contributed by atoms with Crippen molar-refractivity contribution in [3.05, 3.63) is 73.8 Å². The van der Waals surface area contributed by atoms with E-state index in [9.17, 15) is 14.9 Å². The molecule has 8 heteroatoms. The summed E-state index contributed by atoms with van der Waals surface area (Å²) in [4.78, 5) is 26.4. The van der Waals surface area contributed by atoms with E-state index in [-0.39, 0.29) is 11.3 Å². The third kappa shape index (κ3) is 4.03. The molecule has 0 unspecified atom stereocenters. The van der Waals surface area contributed by atoms with Crippen LogP contribution in [0.25, 0.3) is 0 Å². The molecule has 0 atom stereocenters. The summed E-state index contributed by atoms with van der Waals surface area (Å²) in [5.74, 6) is -0.815. The van der Waals surface area contributed by atoms with E-state index in [1.54, 1.807) is 12.1 Å². The highest BCUT2D eigenvalue weighted by Gasteiger charge is 2.12. The van der Waals surface area contributed by atoms with Gasteiger partial charge in [-0.2, -0.15) is 0 Å². The first-order valence-corrected chi connectivity index (χ1v) is 6.67. The predicted octanol–water partition coefficient (Wildman–Crippen LogP) is 4.09. The highest BCUT2D eigenvalue weighted by molar-refractivity contribution is 6.36. The van der Waals surface area contributed by atoms with Gasteiger partial charge in [0.15, 0.2) is 0 Å². The van der Waals surface area contributed by atoms with Crippen molar-refractivity contribution in [3.8, 4) is 0 Å². The van der Waals surface area contributed by atoms with Crippen molar-refractivity contribution in [2.24, 2.45) is 5.16 Å². The van der Waals surface area contributed by atoms with Crippen LogP contribution in [0.15, 0.2) is 47.6 Å². The van der Waals surface area contributed by atoms with Crippen molar-refractivity contribution in [1.29, 1.82) is 0 Å². The Labute approximate surface area is 135 Å². The normalized spacial score (nSPS) is 10.6. The lowest BCUT2D eigenvalue weighted by atomic mass is 10.2. The number of carbonyl (C=O) groups is 1. The van der Waals surface area contributed by atoms with E-state index >= 15 is 0 Å². The van der Waals surface area contributed by atoms with E-state index in [4.69, 9.17) is 23.2 Å². The van der Waals surface area contributed by atoms with Crippen LogP contribution in [0.4, 0.5) is 5.69 Å². The SMILES string of the molecule is O=C(O/N=C/c1ccc(Cl)cc1Cl)c1cccc([N+](=O)[O-])c1. The second-order valence-electron chi connectivity index (χ2n) is 4.09. The summed E-state index contributed by atoms with van der Waals surface area (Å²) in [7, 11) is 0. The van der Waals surface area contributed by atoms with Gasteiger partial charge in [0.2, 0.25) is 0 Å². The van der Waals surface area contributed by atoms with E-state index in [0.717, 1.165) is 6.07 Å². The van der Waals surface area contributed by atoms with Gasteiger partial charge >= 0.3 is 5.97 Å². The second-order valence-corrected chi connectivity index (χ2v) is 4.93. The molecule has 0 bridgehead atoms. The molecule has 0 heterocycles. The van der Waals surface area contributed by atoms with Gasteiger partial charge in [-0.15, -0.1) is 0 Å². The minimum absolute atomic E-state index is 0.0218. The summed E-state index contributed by atoms with van der Waals surface area (Å²) in [6.45, 7) is 0. The maximum absolute atomic E-state index is 11.7. The largest absolute Gasteiger partial charge is 0.365 e. The Hall–Kier alpha value is -2.44. The van der Waals surface area contributed by atoms with Crippen LogP contribution in [0.1, 0.15) is 15.9 Å². The van der Waals surface area contributed by atoms with E-state index in [2.05, 4.69) is 9.99 Å². The minimum atomic E-state index is -0.815. The van der Waals surface area contributed by atoms with Gasteiger partial charge in [0.05, 0.1) is 21.7 Å². The van der Waals surface area contributed by atoms with Gasteiger partial charge in [0.25, 0.3) is 5.69 Å². The fourth-order valence-corrected chi connectivity index (χ4v) is 1.99. The number of halogens is 2. The number of non-ortho nitro benzene ring substituents is 1. The first-order chi connectivity index (χ1) is 10.5. The van der Waals surface area contributed by atoms with Crippen LogP contribution in [0.3, 0.4) is 0 Å². The Morgan fingerprint density at radius 3 is 2.68 bits per heavy atom. The molecule has 22 heavy (non-hydrogen) atoms. The summed E-state index contributed by atoms with van der Waals surface area (Å²) in [6, 6.07) is 9.88. The molecule has 0 aliphatic rings. The highest BCUT2D eigenvalue weighted by Crippen LogP contribution is 2.19. The zero-order valence-electron chi connectivity index (χ0n) is 10.9. The van der Waals surface area contributed by atoms with E-state index in [1.165, 1.54) is 30.5 Å². The second kappa shape index (κ2) is 7.02. The zero-order chi connectivity index (χ0) is 16.1. The molecule has 0 aliphatic heterocycles. The monoisotopic (exact) mass is 338 g/mol. The number of oxime groups is 1. The summed E-state index contributed by atoms with van der Waals surface area (Å²) >= 11 is 11.7. The Kier molecular flexibility index (Phi) is 5.08. The molecule has 0 aliphatic carbocycles. The fraction of sp³-hybridized carbons (Fsp3) is 0. The molecule has 2 rings (SSSR count). The quantitative estimate of drug-likeness (QED) is 0.363. The molecular weight excluding hydrogens is 331 g/mol. The van der Waals surface area contributed by atoms with Gasteiger partial charge in [-0.05, 0) is 18.2 Å². The Bertz CT molecular complexity index is 762. The van der Waals surface area contributed by atoms with Gasteiger partial charge in [0, 0.05) is 22.7 Å². The Balaban J connectivity index is 2.08. The van der Waals surface area contributed by atoms with Crippen LogP contribution in [0.5, 0.6) is 0 Å². The van der Waals surface area contributed by atoms with Crippen LogP contribution in [0, 0.1) is 10.1 Å². The smallest absolute Gasteiger partial charge is 0.313 e. The fourth-order valence-electron chi connectivity index (χ4n) is 1.54. The van der Waals surface area contributed by atoms with Crippen molar-refractivity contribution in [1.82, 2.24) is 0 Å². The average molecular weight is 339 g/mol. The summed E-state index contributed by atoms with van der Waals surface area (Å²) in [5.41, 5.74) is 0.325. The zero-order valence-corrected chi connectivity index (χ0v) is 12.4. The maximum atomic E-state index is 11.7. The maximum Gasteiger partial charge on any atom is 0.365 e. The van der Waals surface area contributed by atoms with Crippen molar-refractivity contribution < 1.29 is 14.6 Å². The topological polar surface area (TPSA) is 81.8 Å². The number of nitro groups is 1. The summed E-state index contributed by atoms with van der Waals surface area (Å²) < 4.78 is 0. The van der Waals surface area contributed by atoms with Crippen molar-refractivity contribution in [3.63, 3.8) is 0 Å². The molecule has 0 saturated heterocycles. The van der Waals surface area contributed by atoms with Crippen LogP contribution in [-0.2, 0) is 4.84 Å². The Morgan fingerprint density at radius 2 is 2.00 bits per heavy atom. The van der Waals surface area contributed by atoms with E-state index in [1.807, 2.05) is 0 Å². The standard InChI is InChI=1S/C14H8Cl2N2O4/c15-11-5-4-10(13(16)7-11)8-17-22-14(19)9-2-1-3-12(6-9)18(20)21/h1-8H/b17-8+. The molecule has 6 nitrogen and oxygen atoms in total. The van der Waals surface area contributed by atoms with Gasteiger partial charge in [-0.1, -0.05) is 40.5 Å². The van der Waals surface area contributed by atoms with Crippen molar-refractivity contribution >= 4 is 41.1 Å².